The van der Waals surface area contributed by atoms with Crippen LogP contribution in [0.1, 0.15) is 10.4 Å². The predicted octanol–water partition coefficient (Wildman–Crippen LogP) is 4.34. The number of nitrogens with one attached hydrogen (secondary N) is 1. The number of halogens is 2. The molecule has 0 saturated heterocycles. The zero-order valence-electron chi connectivity index (χ0n) is 11.1. The van der Waals surface area contributed by atoms with E-state index in [4.69, 9.17) is 0 Å². The summed E-state index contributed by atoms with van der Waals surface area (Å²) in [5.74, 6) is 0.497. The molecule has 2 heterocycles. The van der Waals surface area contributed by atoms with Crippen molar-refractivity contribution in [2.45, 2.75) is 13.8 Å². The highest BCUT2D eigenvalue weighted by Crippen LogP contribution is 2.35. The molecule has 108 valence electrons. The lowest BCUT2D eigenvalue weighted by atomic mass is 10.2. The van der Waals surface area contributed by atoms with E-state index in [1.165, 1.54) is 11.3 Å². The maximum absolute atomic E-state index is 12.3. The Morgan fingerprint density at radius 1 is 1.38 bits per heavy atom. The Bertz CT molecular complexity index is 933. The molecule has 1 aromatic carbocycles. The predicted molar refractivity (Wildman–Crippen MR) is 97.2 cm³/mol. The van der Waals surface area contributed by atoms with Gasteiger partial charge in [-0.15, -0.1) is 11.3 Å². The summed E-state index contributed by atoms with van der Waals surface area (Å²) in [7, 11) is 0. The Morgan fingerprint density at radius 3 is 2.81 bits per heavy atom. The van der Waals surface area contributed by atoms with Gasteiger partial charge in [-0.25, -0.2) is 4.98 Å². The zero-order valence-corrected chi connectivity index (χ0v) is 15.7. The first-order valence-corrected chi connectivity index (χ1v) is 8.75. The molecule has 0 aliphatic carbocycles. The van der Waals surface area contributed by atoms with Crippen LogP contribution in [-0.2, 0) is 0 Å². The maximum atomic E-state index is 12.3. The Morgan fingerprint density at radius 2 is 2.10 bits per heavy atom. The number of phenolic OH excluding ortho intramolecular Hbond substituents is 1. The normalized spacial score (nSPS) is 11.2. The first-order valence-electron chi connectivity index (χ1n) is 6.07. The van der Waals surface area contributed by atoms with Gasteiger partial charge in [0.05, 0.1) is 14.5 Å². The molecule has 3 aromatic rings. The molecule has 0 aliphatic heterocycles. The highest BCUT2D eigenvalue weighted by atomic mass is 127. The minimum absolute atomic E-state index is 0.117. The van der Waals surface area contributed by atoms with E-state index in [0.29, 0.717) is 25.2 Å². The van der Waals surface area contributed by atoms with Gasteiger partial charge >= 0.3 is 0 Å². The van der Waals surface area contributed by atoms with Crippen molar-refractivity contribution in [3.8, 4) is 17.1 Å². The molecule has 2 aromatic heterocycles. The van der Waals surface area contributed by atoms with Gasteiger partial charge in [0.1, 0.15) is 16.4 Å². The summed E-state index contributed by atoms with van der Waals surface area (Å²) in [5.41, 5.74) is 1.30. The second-order valence-electron chi connectivity index (χ2n) is 4.66. The van der Waals surface area contributed by atoms with Gasteiger partial charge in [0.2, 0.25) is 0 Å². The highest BCUT2D eigenvalue weighted by molar-refractivity contribution is 14.1. The smallest absolute Gasteiger partial charge is 0.260 e. The Balaban J connectivity index is 2.35. The molecule has 0 amide bonds. The number of aromatic amines is 1. The summed E-state index contributed by atoms with van der Waals surface area (Å²) >= 11 is 6.93. The van der Waals surface area contributed by atoms with E-state index in [-0.39, 0.29) is 11.3 Å². The molecular formula is C14H10BrIN2O2S. The zero-order chi connectivity index (χ0) is 15.3. The molecule has 7 heteroatoms. The Hall–Kier alpha value is -0.930. The van der Waals surface area contributed by atoms with E-state index >= 15 is 0 Å². The molecule has 0 fully saturated rings. The number of thiophene rings is 1. The number of H-pyrrole nitrogens is 1. The van der Waals surface area contributed by atoms with Crippen LogP contribution in [0.15, 0.2) is 21.4 Å². The van der Waals surface area contributed by atoms with Crippen LogP contribution in [-0.4, -0.2) is 15.1 Å². The van der Waals surface area contributed by atoms with Crippen molar-refractivity contribution in [3.63, 3.8) is 0 Å². The summed E-state index contributed by atoms with van der Waals surface area (Å²) in [5, 5.41) is 10.8. The summed E-state index contributed by atoms with van der Waals surface area (Å²) in [6.07, 6.45) is 0. The number of aromatic hydroxyl groups is 1. The average Bonchev–Trinajstić information content (AvgIpc) is 2.69. The van der Waals surface area contributed by atoms with Gasteiger partial charge < -0.3 is 10.1 Å². The van der Waals surface area contributed by atoms with Crippen molar-refractivity contribution in [3.05, 3.63) is 41.0 Å². The van der Waals surface area contributed by atoms with Gasteiger partial charge in [0, 0.05) is 9.35 Å². The molecule has 3 rings (SSSR count). The van der Waals surface area contributed by atoms with E-state index in [9.17, 15) is 9.90 Å². The lowest BCUT2D eigenvalue weighted by Gasteiger charge is -2.07. The minimum Gasteiger partial charge on any atom is -0.506 e. The Labute approximate surface area is 146 Å². The number of fused-ring (bicyclic) bond motifs is 1. The molecular weight excluding hydrogens is 467 g/mol. The number of rotatable bonds is 1. The largest absolute Gasteiger partial charge is 0.506 e. The molecule has 2 N–H and O–H groups in total. The van der Waals surface area contributed by atoms with Crippen LogP contribution in [0.5, 0.6) is 5.75 Å². The molecule has 0 aliphatic rings. The van der Waals surface area contributed by atoms with Crippen molar-refractivity contribution in [2.24, 2.45) is 0 Å². The van der Waals surface area contributed by atoms with Crippen LogP contribution in [0.3, 0.4) is 0 Å². The first kappa shape index (κ1) is 15.0. The molecule has 0 saturated carbocycles. The minimum atomic E-state index is -0.175. The topological polar surface area (TPSA) is 66.0 Å². The number of hydrogen-bond donors (Lipinski definition) is 2. The van der Waals surface area contributed by atoms with Gasteiger partial charge in [-0.2, -0.15) is 0 Å². The van der Waals surface area contributed by atoms with Gasteiger partial charge in [0.25, 0.3) is 5.56 Å². The molecule has 0 bridgehead atoms. The molecule has 0 radical (unpaired) electrons. The highest BCUT2D eigenvalue weighted by Gasteiger charge is 2.16. The number of aryl methyl sites for hydroxylation is 2. The second-order valence-corrected chi connectivity index (χ2v) is 7.94. The number of hydrogen-bond acceptors (Lipinski definition) is 4. The van der Waals surface area contributed by atoms with Gasteiger partial charge in [-0.3, -0.25) is 4.79 Å². The van der Waals surface area contributed by atoms with Crippen molar-refractivity contribution >= 4 is 60.1 Å². The maximum Gasteiger partial charge on any atom is 0.260 e. The molecule has 0 spiro atoms. The molecule has 21 heavy (non-hydrogen) atoms. The van der Waals surface area contributed by atoms with E-state index in [2.05, 4.69) is 25.9 Å². The van der Waals surface area contributed by atoms with Crippen molar-refractivity contribution in [2.75, 3.05) is 0 Å². The van der Waals surface area contributed by atoms with Gasteiger partial charge in [-0.1, -0.05) is 15.9 Å². The summed E-state index contributed by atoms with van der Waals surface area (Å²) in [4.78, 5) is 21.4. The monoisotopic (exact) mass is 476 g/mol. The molecule has 0 unspecified atom stereocenters. The SMILES string of the molecule is Cc1sc2nc(-c3cc(Br)cc(I)c3O)[nH]c(=O)c2c1C. The van der Waals surface area contributed by atoms with Crippen molar-refractivity contribution in [1.29, 1.82) is 0 Å². The second kappa shape index (κ2) is 5.36. The van der Waals surface area contributed by atoms with Crippen LogP contribution < -0.4 is 5.56 Å². The third-order valence-electron chi connectivity index (χ3n) is 3.32. The van der Waals surface area contributed by atoms with Gasteiger partial charge in [-0.05, 0) is 54.1 Å². The van der Waals surface area contributed by atoms with E-state index in [1.807, 2.05) is 36.4 Å². The number of benzene rings is 1. The van der Waals surface area contributed by atoms with Crippen molar-refractivity contribution in [1.82, 2.24) is 9.97 Å². The molecule has 4 nitrogen and oxygen atoms in total. The first-order chi connectivity index (χ1) is 9.88. The summed E-state index contributed by atoms with van der Waals surface area (Å²) < 4.78 is 1.51. The van der Waals surface area contributed by atoms with Crippen LogP contribution in [0.25, 0.3) is 21.6 Å². The van der Waals surface area contributed by atoms with Crippen LogP contribution >= 0.6 is 49.9 Å². The summed E-state index contributed by atoms with van der Waals surface area (Å²) in [6, 6.07) is 3.55. The summed E-state index contributed by atoms with van der Waals surface area (Å²) in [6.45, 7) is 3.89. The van der Waals surface area contributed by atoms with Crippen LogP contribution in [0.4, 0.5) is 0 Å². The number of phenols is 1. The standard InChI is InChI=1S/C14H10BrIN2O2S/c1-5-6(2)21-14-10(5)13(20)17-12(18-14)8-3-7(15)4-9(16)11(8)19/h3-4,19H,1-2H3,(H,17,18,20). The van der Waals surface area contributed by atoms with Crippen LogP contribution in [0.2, 0.25) is 0 Å². The number of nitrogens with zero attached hydrogens (tertiary/aromatic N) is 1. The fourth-order valence-corrected chi connectivity index (χ4v) is 4.67. The van der Waals surface area contributed by atoms with Crippen molar-refractivity contribution < 1.29 is 5.11 Å². The molecule has 0 atom stereocenters. The lowest BCUT2D eigenvalue weighted by Crippen LogP contribution is -2.09. The van der Waals surface area contributed by atoms with Crippen LogP contribution in [0, 0.1) is 17.4 Å². The quantitative estimate of drug-likeness (QED) is 0.513. The average molecular weight is 477 g/mol. The Kier molecular flexibility index (Phi) is 3.83. The third kappa shape index (κ3) is 2.51. The van der Waals surface area contributed by atoms with Gasteiger partial charge in [0.15, 0.2) is 0 Å². The van der Waals surface area contributed by atoms with E-state index in [1.54, 1.807) is 12.1 Å². The third-order valence-corrected chi connectivity index (χ3v) is 5.70. The van der Waals surface area contributed by atoms with E-state index in [0.717, 1.165) is 14.9 Å². The fraction of sp³-hybridized carbons (Fsp3) is 0.143. The lowest BCUT2D eigenvalue weighted by molar-refractivity contribution is 0.473. The number of aromatic nitrogens is 2. The van der Waals surface area contributed by atoms with E-state index < -0.39 is 0 Å². The fourth-order valence-electron chi connectivity index (χ4n) is 2.13.